The summed E-state index contributed by atoms with van der Waals surface area (Å²) in [7, 11) is 0. The second-order valence-electron chi connectivity index (χ2n) is 4.00. The molecule has 3 nitrogen and oxygen atoms in total. The Morgan fingerprint density at radius 1 is 1.47 bits per heavy atom. The van der Waals surface area contributed by atoms with Crippen LogP contribution in [0.25, 0.3) is 0 Å². The number of carbonyl (C=O) groups is 1. The van der Waals surface area contributed by atoms with Crippen LogP contribution in [0.2, 0.25) is 0 Å². The first-order valence-corrected chi connectivity index (χ1v) is 5.13. The molecule has 0 saturated heterocycles. The number of nitrogens with one attached hydrogen (secondary N) is 1. The second kappa shape index (κ2) is 3.85. The highest BCUT2D eigenvalue weighted by Crippen LogP contribution is 2.27. The Morgan fingerprint density at radius 2 is 2.27 bits per heavy atom. The number of rotatable bonds is 2. The van der Waals surface area contributed by atoms with Gasteiger partial charge in [0.25, 0.3) is 0 Å². The van der Waals surface area contributed by atoms with Crippen molar-refractivity contribution in [2.75, 3.05) is 5.32 Å². The summed E-state index contributed by atoms with van der Waals surface area (Å²) >= 11 is 0. The molecular formula is C12H14N2O. The number of fused-ring (bicyclic) bond motifs is 1. The molecule has 1 aliphatic heterocycles. The zero-order chi connectivity index (χ0) is 10.8. The van der Waals surface area contributed by atoms with Gasteiger partial charge in [-0.2, -0.15) is 0 Å². The molecule has 0 saturated carbocycles. The Morgan fingerprint density at radius 3 is 3.00 bits per heavy atom. The molecule has 0 atom stereocenters. The smallest absolute Gasteiger partial charge is 0.226 e. The predicted molar refractivity (Wildman–Crippen MR) is 61.8 cm³/mol. The lowest BCUT2D eigenvalue weighted by molar-refractivity contribution is -0.118. The fraction of sp³-hybridized carbons (Fsp3) is 0.333. The molecular weight excluding hydrogens is 188 g/mol. The van der Waals surface area contributed by atoms with E-state index >= 15 is 0 Å². The maximum Gasteiger partial charge on any atom is 0.226 e. The molecule has 0 bridgehead atoms. The summed E-state index contributed by atoms with van der Waals surface area (Å²) in [6, 6.07) is 5.85. The third kappa shape index (κ3) is 2.06. The minimum atomic E-state index is 0.00163. The van der Waals surface area contributed by atoms with Crippen LogP contribution in [0.15, 0.2) is 23.2 Å². The summed E-state index contributed by atoms with van der Waals surface area (Å²) < 4.78 is 0. The van der Waals surface area contributed by atoms with E-state index in [0.717, 1.165) is 17.8 Å². The second-order valence-corrected chi connectivity index (χ2v) is 4.00. The van der Waals surface area contributed by atoms with Gasteiger partial charge in [0.1, 0.15) is 0 Å². The molecule has 1 aromatic rings. The summed E-state index contributed by atoms with van der Waals surface area (Å²) in [4.78, 5) is 15.7. The standard InChI is InChI=1S/C12H14N2O/c1-8(2)12(15)14-10-4-3-9-5-6-13-11(9)7-10/h3-4,6-8H,5H2,1-2H3,(H,14,15). The molecule has 78 valence electrons. The lowest BCUT2D eigenvalue weighted by Gasteiger charge is -2.08. The van der Waals surface area contributed by atoms with Crippen molar-refractivity contribution < 1.29 is 4.79 Å². The molecule has 0 aliphatic carbocycles. The Labute approximate surface area is 89.2 Å². The van der Waals surface area contributed by atoms with E-state index in [2.05, 4.69) is 10.3 Å². The van der Waals surface area contributed by atoms with Crippen molar-refractivity contribution in [2.24, 2.45) is 10.9 Å². The molecule has 0 fully saturated rings. The number of nitrogens with zero attached hydrogens (tertiary/aromatic N) is 1. The average molecular weight is 202 g/mol. The minimum Gasteiger partial charge on any atom is -0.326 e. The van der Waals surface area contributed by atoms with Gasteiger partial charge in [-0.1, -0.05) is 19.9 Å². The maximum atomic E-state index is 11.5. The van der Waals surface area contributed by atoms with E-state index in [1.165, 1.54) is 5.56 Å². The van der Waals surface area contributed by atoms with Crippen molar-refractivity contribution in [3.63, 3.8) is 0 Å². The van der Waals surface area contributed by atoms with Crippen LogP contribution in [0.4, 0.5) is 11.4 Å². The molecule has 1 aromatic carbocycles. The molecule has 0 radical (unpaired) electrons. The van der Waals surface area contributed by atoms with E-state index in [4.69, 9.17) is 0 Å². The average Bonchev–Trinajstić information content (AvgIpc) is 2.64. The summed E-state index contributed by atoms with van der Waals surface area (Å²) in [5.41, 5.74) is 3.01. The molecule has 15 heavy (non-hydrogen) atoms. The molecule has 0 spiro atoms. The van der Waals surface area contributed by atoms with Gasteiger partial charge in [-0.25, -0.2) is 0 Å². The SMILES string of the molecule is CC(C)C(=O)Nc1ccc2c(c1)N=CC2. The van der Waals surface area contributed by atoms with E-state index in [1.807, 2.05) is 38.3 Å². The number of hydrogen-bond donors (Lipinski definition) is 1. The number of aliphatic imine (C=N–C) groups is 1. The van der Waals surface area contributed by atoms with Gasteiger partial charge in [0.05, 0.1) is 5.69 Å². The Hall–Kier alpha value is -1.64. The van der Waals surface area contributed by atoms with E-state index in [9.17, 15) is 4.79 Å². The fourth-order valence-electron chi connectivity index (χ4n) is 1.46. The van der Waals surface area contributed by atoms with Crippen LogP contribution < -0.4 is 5.32 Å². The first kappa shape index (κ1) is 9.90. The molecule has 0 unspecified atom stereocenters. The van der Waals surface area contributed by atoms with Gasteiger partial charge in [-0.15, -0.1) is 0 Å². The Kier molecular flexibility index (Phi) is 2.54. The molecule has 1 amide bonds. The largest absolute Gasteiger partial charge is 0.326 e. The number of benzene rings is 1. The highest BCUT2D eigenvalue weighted by atomic mass is 16.1. The fourth-order valence-corrected chi connectivity index (χ4v) is 1.46. The van der Waals surface area contributed by atoms with Gasteiger partial charge in [-0.3, -0.25) is 9.79 Å². The van der Waals surface area contributed by atoms with Crippen molar-refractivity contribution in [1.82, 2.24) is 0 Å². The third-order valence-corrected chi connectivity index (χ3v) is 2.42. The van der Waals surface area contributed by atoms with Crippen molar-refractivity contribution in [2.45, 2.75) is 20.3 Å². The third-order valence-electron chi connectivity index (χ3n) is 2.42. The van der Waals surface area contributed by atoms with E-state index in [0.29, 0.717) is 0 Å². The highest BCUT2D eigenvalue weighted by Gasteiger charge is 2.10. The van der Waals surface area contributed by atoms with Gasteiger partial charge in [0.15, 0.2) is 0 Å². The maximum absolute atomic E-state index is 11.5. The topological polar surface area (TPSA) is 41.5 Å². The van der Waals surface area contributed by atoms with Gasteiger partial charge in [-0.05, 0) is 17.7 Å². The number of hydrogen-bond acceptors (Lipinski definition) is 2. The van der Waals surface area contributed by atoms with Crippen molar-refractivity contribution in [3.05, 3.63) is 23.8 Å². The van der Waals surface area contributed by atoms with Crippen LogP contribution in [0.5, 0.6) is 0 Å². The molecule has 1 aliphatic rings. The van der Waals surface area contributed by atoms with Crippen LogP contribution in [0, 0.1) is 5.92 Å². The first-order valence-electron chi connectivity index (χ1n) is 5.13. The van der Waals surface area contributed by atoms with Crippen LogP contribution in [-0.4, -0.2) is 12.1 Å². The monoisotopic (exact) mass is 202 g/mol. The number of anilines is 1. The van der Waals surface area contributed by atoms with Crippen molar-refractivity contribution >= 4 is 23.5 Å². The van der Waals surface area contributed by atoms with Crippen LogP contribution >= 0.6 is 0 Å². The normalized spacial score (nSPS) is 13.0. The van der Waals surface area contributed by atoms with Gasteiger partial charge >= 0.3 is 0 Å². The quantitative estimate of drug-likeness (QED) is 0.786. The van der Waals surface area contributed by atoms with Crippen LogP contribution in [0.3, 0.4) is 0 Å². The zero-order valence-electron chi connectivity index (χ0n) is 8.95. The summed E-state index contributed by atoms with van der Waals surface area (Å²) in [6.45, 7) is 3.75. The molecule has 2 rings (SSSR count). The molecule has 1 N–H and O–H groups in total. The van der Waals surface area contributed by atoms with E-state index in [-0.39, 0.29) is 11.8 Å². The van der Waals surface area contributed by atoms with E-state index in [1.54, 1.807) is 0 Å². The lowest BCUT2D eigenvalue weighted by Crippen LogP contribution is -2.17. The predicted octanol–water partition coefficient (Wildman–Crippen LogP) is 2.54. The van der Waals surface area contributed by atoms with Gasteiger partial charge < -0.3 is 5.32 Å². The summed E-state index contributed by atoms with van der Waals surface area (Å²) in [5, 5.41) is 2.86. The van der Waals surface area contributed by atoms with Crippen LogP contribution in [0.1, 0.15) is 19.4 Å². The molecule has 0 aromatic heterocycles. The molecule has 1 heterocycles. The first-order chi connectivity index (χ1) is 7.16. The number of carbonyl (C=O) groups excluding carboxylic acids is 1. The summed E-state index contributed by atoms with van der Waals surface area (Å²) in [6.07, 6.45) is 2.78. The van der Waals surface area contributed by atoms with Gasteiger partial charge in [0.2, 0.25) is 5.91 Å². The lowest BCUT2D eigenvalue weighted by atomic mass is 10.1. The molecule has 3 heteroatoms. The van der Waals surface area contributed by atoms with Gasteiger partial charge in [0, 0.05) is 24.2 Å². The minimum absolute atomic E-state index is 0.00163. The zero-order valence-corrected chi connectivity index (χ0v) is 8.95. The highest BCUT2D eigenvalue weighted by molar-refractivity contribution is 5.93. The number of amides is 1. The van der Waals surface area contributed by atoms with Crippen molar-refractivity contribution in [3.8, 4) is 0 Å². The Balaban J connectivity index is 2.16. The summed E-state index contributed by atoms with van der Waals surface area (Å²) in [5.74, 6) is 0.0404. The van der Waals surface area contributed by atoms with E-state index < -0.39 is 0 Å². The Bertz CT molecular complexity index is 422. The van der Waals surface area contributed by atoms with Crippen LogP contribution in [-0.2, 0) is 11.2 Å². The van der Waals surface area contributed by atoms with Crippen molar-refractivity contribution in [1.29, 1.82) is 0 Å².